The van der Waals surface area contributed by atoms with E-state index in [0.29, 0.717) is 0 Å². The summed E-state index contributed by atoms with van der Waals surface area (Å²) in [6, 6.07) is 20.3. The average molecular weight is 236 g/mol. The lowest BCUT2D eigenvalue weighted by Gasteiger charge is -2.08. The van der Waals surface area contributed by atoms with Gasteiger partial charge >= 0.3 is 0 Å². The third-order valence-corrected chi connectivity index (χ3v) is 2.71. The van der Waals surface area contributed by atoms with Gasteiger partial charge in [0, 0.05) is 13.5 Å². The fourth-order valence-electron chi connectivity index (χ4n) is 1.75. The molecule has 0 fully saturated rings. The molecule has 90 valence electrons. The van der Waals surface area contributed by atoms with Crippen molar-refractivity contribution in [2.75, 3.05) is 7.11 Å². The summed E-state index contributed by atoms with van der Waals surface area (Å²) in [5.41, 5.74) is 2.33. The van der Waals surface area contributed by atoms with E-state index in [1.807, 2.05) is 48.5 Å². The van der Waals surface area contributed by atoms with Gasteiger partial charge in [0.15, 0.2) is 0 Å². The molecule has 0 saturated heterocycles. The van der Waals surface area contributed by atoms with Gasteiger partial charge in [0.05, 0.1) is 0 Å². The van der Waals surface area contributed by atoms with Crippen LogP contribution < -0.4 is 0 Å². The lowest BCUT2D eigenvalue weighted by atomic mass is 10.1. The summed E-state index contributed by atoms with van der Waals surface area (Å²) in [7, 11) is 1.69. The lowest BCUT2D eigenvalue weighted by Crippen LogP contribution is -1.97. The van der Waals surface area contributed by atoms with Crippen LogP contribution in [-0.4, -0.2) is 7.11 Å². The summed E-state index contributed by atoms with van der Waals surface area (Å²) >= 11 is 0. The third kappa shape index (κ3) is 3.48. The van der Waals surface area contributed by atoms with Crippen molar-refractivity contribution in [2.24, 2.45) is 0 Å². The second-order valence-electron chi connectivity index (χ2n) is 4.01. The van der Waals surface area contributed by atoms with E-state index < -0.39 is 0 Å². The van der Waals surface area contributed by atoms with Crippen molar-refractivity contribution >= 4 is 0 Å². The van der Waals surface area contributed by atoms with Crippen LogP contribution in [-0.2, 0) is 11.2 Å². The number of hydrogen-bond donors (Lipinski definition) is 0. The molecule has 1 unspecified atom stereocenters. The van der Waals surface area contributed by atoms with Crippen LogP contribution in [0.3, 0.4) is 0 Å². The van der Waals surface area contributed by atoms with Crippen LogP contribution in [0.4, 0.5) is 0 Å². The summed E-state index contributed by atoms with van der Waals surface area (Å²) in [6.07, 6.45) is 0.614. The molecule has 2 aromatic rings. The van der Waals surface area contributed by atoms with E-state index in [1.165, 1.54) is 5.56 Å². The van der Waals surface area contributed by atoms with Gasteiger partial charge in [-0.3, -0.25) is 0 Å². The van der Waals surface area contributed by atoms with Crippen LogP contribution in [0.5, 0.6) is 0 Å². The van der Waals surface area contributed by atoms with Crippen molar-refractivity contribution in [3.8, 4) is 11.8 Å². The highest BCUT2D eigenvalue weighted by molar-refractivity contribution is 5.27. The van der Waals surface area contributed by atoms with E-state index in [-0.39, 0.29) is 6.10 Å². The molecule has 0 heterocycles. The SMILES string of the molecule is COC(C#CCc1ccccc1)c1ccccc1. The first-order valence-electron chi connectivity index (χ1n) is 6.00. The van der Waals surface area contributed by atoms with Gasteiger partial charge in [0.1, 0.15) is 6.10 Å². The maximum absolute atomic E-state index is 5.40. The first-order chi connectivity index (χ1) is 8.90. The van der Waals surface area contributed by atoms with E-state index in [4.69, 9.17) is 4.74 Å². The van der Waals surface area contributed by atoms with Crippen LogP contribution in [0, 0.1) is 11.8 Å². The van der Waals surface area contributed by atoms with Crippen LogP contribution >= 0.6 is 0 Å². The smallest absolute Gasteiger partial charge is 0.143 e. The average Bonchev–Trinajstić information content (AvgIpc) is 2.46. The zero-order valence-corrected chi connectivity index (χ0v) is 10.5. The monoisotopic (exact) mass is 236 g/mol. The van der Waals surface area contributed by atoms with Crippen LogP contribution in [0.15, 0.2) is 60.7 Å². The molecule has 2 aromatic carbocycles. The van der Waals surface area contributed by atoms with Crippen molar-refractivity contribution in [3.63, 3.8) is 0 Å². The highest BCUT2D eigenvalue weighted by atomic mass is 16.5. The predicted octanol–water partition coefficient (Wildman–Crippen LogP) is 3.62. The summed E-state index contributed by atoms with van der Waals surface area (Å²) in [6.45, 7) is 0. The van der Waals surface area contributed by atoms with Gasteiger partial charge in [-0.05, 0) is 11.1 Å². The first-order valence-corrected chi connectivity index (χ1v) is 6.00. The Morgan fingerprint density at radius 3 is 2.17 bits per heavy atom. The minimum absolute atomic E-state index is 0.144. The van der Waals surface area contributed by atoms with Crippen LogP contribution in [0.1, 0.15) is 17.2 Å². The summed E-state index contributed by atoms with van der Waals surface area (Å²) in [5.74, 6) is 6.34. The number of benzene rings is 2. The standard InChI is InChI=1S/C17H16O/c1-18-17(16-12-6-3-7-13-16)14-8-11-15-9-4-2-5-10-15/h2-7,9-10,12-13,17H,11H2,1H3. The minimum atomic E-state index is -0.144. The zero-order chi connectivity index (χ0) is 12.6. The molecule has 0 bridgehead atoms. The highest BCUT2D eigenvalue weighted by Crippen LogP contribution is 2.14. The Bertz CT molecular complexity index is 520. The van der Waals surface area contributed by atoms with Crippen molar-refractivity contribution in [2.45, 2.75) is 12.5 Å². The lowest BCUT2D eigenvalue weighted by molar-refractivity contribution is 0.150. The second kappa shape index (κ2) is 6.64. The molecule has 0 aliphatic carbocycles. The van der Waals surface area contributed by atoms with E-state index in [1.54, 1.807) is 7.11 Å². The Morgan fingerprint density at radius 1 is 0.944 bits per heavy atom. The number of ether oxygens (including phenoxy) is 1. The van der Waals surface area contributed by atoms with Gasteiger partial charge in [-0.2, -0.15) is 0 Å². The molecule has 2 rings (SSSR count). The zero-order valence-electron chi connectivity index (χ0n) is 10.5. The molecule has 0 aliphatic heterocycles. The van der Waals surface area contributed by atoms with E-state index in [0.717, 1.165) is 12.0 Å². The third-order valence-electron chi connectivity index (χ3n) is 2.71. The maximum Gasteiger partial charge on any atom is 0.143 e. The molecule has 0 N–H and O–H groups in total. The van der Waals surface area contributed by atoms with Gasteiger partial charge in [-0.1, -0.05) is 72.5 Å². The number of methoxy groups -OCH3 is 1. The molecule has 0 spiro atoms. The molecule has 1 heteroatoms. The summed E-state index contributed by atoms with van der Waals surface area (Å²) in [5, 5.41) is 0. The van der Waals surface area contributed by atoms with Gasteiger partial charge in [0.25, 0.3) is 0 Å². The Hall–Kier alpha value is -2.04. The maximum atomic E-state index is 5.40. The topological polar surface area (TPSA) is 9.23 Å². The van der Waals surface area contributed by atoms with Gasteiger partial charge in [-0.15, -0.1) is 0 Å². The number of rotatable bonds is 3. The largest absolute Gasteiger partial charge is 0.364 e. The molecule has 0 saturated carbocycles. The van der Waals surface area contributed by atoms with E-state index in [2.05, 4.69) is 24.0 Å². The van der Waals surface area contributed by atoms with Crippen molar-refractivity contribution in [3.05, 3.63) is 71.8 Å². The number of hydrogen-bond acceptors (Lipinski definition) is 1. The Morgan fingerprint density at radius 2 is 1.56 bits per heavy atom. The van der Waals surface area contributed by atoms with Crippen LogP contribution in [0.2, 0.25) is 0 Å². The van der Waals surface area contributed by atoms with E-state index in [9.17, 15) is 0 Å². The first kappa shape index (κ1) is 12.4. The van der Waals surface area contributed by atoms with Crippen molar-refractivity contribution in [1.82, 2.24) is 0 Å². The Labute approximate surface area is 108 Å². The molecule has 0 aliphatic rings. The molecule has 0 aromatic heterocycles. The van der Waals surface area contributed by atoms with Gasteiger partial charge in [0.2, 0.25) is 0 Å². The molecule has 0 radical (unpaired) electrons. The molecule has 1 atom stereocenters. The van der Waals surface area contributed by atoms with Crippen molar-refractivity contribution < 1.29 is 4.74 Å². The Kier molecular flexibility index (Phi) is 4.58. The quantitative estimate of drug-likeness (QED) is 0.740. The fourth-order valence-corrected chi connectivity index (χ4v) is 1.75. The minimum Gasteiger partial charge on any atom is -0.364 e. The van der Waals surface area contributed by atoms with Gasteiger partial charge in [-0.25, -0.2) is 0 Å². The van der Waals surface area contributed by atoms with Crippen molar-refractivity contribution in [1.29, 1.82) is 0 Å². The predicted molar refractivity (Wildman–Crippen MR) is 74.1 cm³/mol. The fraction of sp³-hybridized carbons (Fsp3) is 0.176. The summed E-state index contributed by atoms with van der Waals surface area (Å²) in [4.78, 5) is 0. The molecular weight excluding hydrogens is 220 g/mol. The highest BCUT2D eigenvalue weighted by Gasteiger charge is 2.04. The molecule has 1 nitrogen and oxygen atoms in total. The Balaban J connectivity index is 2.04. The molecular formula is C17H16O. The summed E-state index contributed by atoms with van der Waals surface area (Å²) < 4.78 is 5.40. The van der Waals surface area contributed by atoms with Gasteiger partial charge < -0.3 is 4.74 Å². The molecule has 18 heavy (non-hydrogen) atoms. The normalized spacial score (nSPS) is 11.4. The van der Waals surface area contributed by atoms with Crippen LogP contribution in [0.25, 0.3) is 0 Å². The molecule has 0 amide bonds. The second-order valence-corrected chi connectivity index (χ2v) is 4.01. The van der Waals surface area contributed by atoms with E-state index >= 15 is 0 Å².